The van der Waals surface area contributed by atoms with E-state index in [-0.39, 0.29) is 23.1 Å². The molecule has 0 fully saturated rings. The molecule has 0 saturated heterocycles. The van der Waals surface area contributed by atoms with Crippen molar-refractivity contribution in [3.8, 4) is 11.5 Å². The van der Waals surface area contributed by atoms with Crippen LogP contribution in [0.5, 0.6) is 11.5 Å². The Morgan fingerprint density at radius 3 is 2.39 bits per heavy atom. The highest BCUT2D eigenvalue weighted by atomic mass is 19.1. The van der Waals surface area contributed by atoms with Gasteiger partial charge in [-0.3, -0.25) is 20.2 Å². The van der Waals surface area contributed by atoms with Gasteiger partial charge in [-0.15, -0.1) is 0 Å². The molecule has 33 heavy (non-hydrogen) atoms. The molecule has 0 amide bonds. The highest BCUT2D eigenvalue weighted by molar-refractivity contribution is 6.12. The van der Waals surface area contributed by atoms with Crippen LogP contribution >= 0.6 is 0 Å². The maximum Gasteiger partial charge on any atom is 0.363 e. The number of halogens is 1. The van der Waals surface area contributed by atoms with Crippen LogP contribution < -0.4 is 4.74 Å². The minimum atomic E-state index is -0.777. The van der Waals surface area contributed by atoms with Crippen molar-refractivity contribution in [1.29, 1.82) is 0 Å². The number of carbonyl (C=O) groups is 1. The molecular formula is C22H12FN3O7. The number of carbonyl (C=O) groups excluding carboxylic acids is 1. The van der Waals surface area contributed by atoms with Gasteiger partial charge in [0.25, 0.3) is 5.69 Å². The first kappa shape index (κ1) is 21.3. The van der Waals surface area contributed by atoms with Gasteiger partial charge in [0.2, 0.25) is 11.6 Å². The number of esters is 1. The second-order valence-corrected chi connectivity index (χ2v) is 6.68. The summed E-state index contributed by atoms with van der Waals surface area (Å²) in [5.41, 5.74) is -0.105. The summed E-state index contributed by atoms with van der Waals surface area (Å²) < 4.78 is 24.0. The molecule has 0 bridgehead atoms. The molecule has 0 unspecified atom stereocenters. The lowest BCUT2D eigenvalue weighted by atomic mass is 10.2. The maximum absolute atomic E-state index is 13.4. The summed E-state index contributed by atoms with van der Waals surface area (Å²) in [5, 5.41) is 22.1. The zero-order valence-electron chi connectivity index (χ0n) is 16.5. The summed E-state index contributed by atoms with van der Waals surface area (Å²) in [4.78, 5) is 36.7. The van der Waals surface area contributed by atoms with Crippen LogP contribution in [0.25, 0.3) is 6.08 Å². The van der Waals surface area contributed by atoms with E-state index in [1.807, 2.05) is 0 Å². The monoisotopic (exact) mass is 449 g/mol. The van der Waals surface area contributed by atoms with Crippen molar-refractivity contribution in [1.82, 2.24) is 0 Å². The van der Waals surface area contributed by atoms with Gasteiger partial charge in [-0.25, -0.2) is 14.2 Å². The fourth-order valence-corrected chi connectivity index (χ4v) is 2.92. The largest absolute Gasteiger partial charge is 0.450 e. The van der Waals surface area contributed by atoms with Crippen LogP contribution in [0, 0.1) is 26.0 Å². The average Bonchev–Trinajstić information content (AvgIpc) is 3.15. The molecule has 3 aromatic carbocycles. The Balaban J connectivity index is 1.55. The Hall–Kier alpha value is -4.93. The maximum atomic E-state index is 13.4. The summed E-state index contributed by atoms with van der Waals surface area (Å²) in [7, 11) is 0. The molecule has 3 aromatic rings. The van der Waals surface area contributed by atoms with Crippen molar-refractivity contribution in [3.05, 3.63) is 110 Å². The van der Waals surface area contributed by atoms with E-state index in [9.17, 15) is 29.4 Å². The van der Waals surface area contributed by atoms with Crippen molar-refractivity contribution in [2.45, 2.75) is 0 Å². The molecule has 1 heterocycles. The smallest absolute Gasteiger partial charge is 0.363 e. The van der Waals surface area contributed by atoms with Crippen LogP contribution in [0.4, 0.5) is 15.8 Å². The molecule has 0 spiro atoms. The van der Waals surface area contributed by atoms with Crippen LogP contribution in [0.2, 0.25) is 0 Å². The van der Waals surface area contributed by atoms with Gasteiger partial charge in [-0.05, 0) is 48.0 Å². The molecular weight excluding hydrogens is 437 g/mol. The normalized spacial score (nSPS) is 14.0. The number of hydrogen-bond donors (Lipinski definition) is 0. The molecule has 0 atom stereocenters. The molecule has 10 nitrogen and oxygen atoms in total. The summed E-state index contributed by atoms with van der Waals surface area (Å²) in [6.45, 7) is 0. The molecule has 1 aliphatic heterocycles. The van der Waals surface area contributed by atoms with Gasteiger partial charge >= 0.3 is 11.7 Å². The number of aliphatic imine (C=N–C) groups is 1. The zero-order chi connectivity index (χ0) is 23.5. The third-order valence-corrected chi connectivity index (χ3v) is 4.45. The van der Waals surface area contributed by atoms with Crippen LogP contribution in [0.1, 0.15) is 11.1 Å². The highest BCUT2D eigenvalue weighted by Gasteiger charge is 2.24. The highest BCUT2D eigenvalue weighted by Crippen LogP contribution is 2.34. The second kappa shape index (κ2) is 8.67. The third kappa shape index (κ3) is 4.71. The standard InChI is InChI=1S/C22H12FN3O7/c23-15-3-1-2-14(11-15)21-24-18(22(27)33-21)10-13-4-7-17(8-5-13)32-20-9-6-16(25(28)29)12-19(20)26(30)31/h1-12H/b18-10-. The minimum absolute atomic E-state index is 0.00827. The predicted octanol–water partition coefficient (Wildman–Crippen LogP) is 4.78. The Morgan fingerprint density at radius 2 is 1.73 bits per heavy atom. The van der Waals surface area contributed by atoms with Gasteiger partial charge in [0.05, 0.1) is 15.9 Å². The molecule has 0 radical (unpaired) electrons. The Morgan fingerprint density at radius 1 is 0.970 bits per heavy atom. The van der Waals surface area contributed by atoms with Gasteiger partial charge in [-0.1, -0.05) is 18.2 Å². The van der Waals surface area contributed by atoms with E-state index in [1.54, 1.807) is 18.2 Å². The Bertz CT molecular complexity index is 1350. The van der Waals surface area contributed by atoms with Crippen molar-refractivity contribution < 1.29 is 28.5 Å². The number of hydrogen-bond acceptors (Lipinski definition) is 8. The lowest BCUT2D eigenvalue weighted by Gasteiger charge is -2.06. The first-order valence-electron chi connectivity index (χ1n) is 9.29. The number of nitro groups is 2. The van der Waals surface area contributed by atoms with E-state index in [1.165, 1.54) is 36.4 Å². The van der Waals surface area contributed by atoms with Crippen LogP contribution in [0.15, 0.2) is 77.4 Å². The van der Waals surface area contributed by atoms with Crippen LogP contribution in [-0.4, -0.2) is 21.7 Å². The number of ether oxygens (including phenoxy) is 2. The van der Waals surface area contributed by atoms with Crippen LogP contribution in [-0.2, 0) is 9.53 Å². The number of benzene rings is 3. The first-order valence-corrected chi connectivity index (χ1v) is 9.29. The van der Waals surface area contributed by atoms with Gasteiger partial charge in [0.1, 0.15) is 11.6 Å². The Kier molecular flexibility index (Phi) is 5.60. The number of cyclic esters (lactones) is 1. The predicted molar refractivity (Wildman–Crippen MR) is 113 cm³/mol. The zero-order valence-corrected chi connectivity index (χ0v) is 16.5. The first-order chi connectivity index (χ1) is 15.8. The van der Waals surface area contributed by atoms with Crippen molar-refractivity contribution >= 4 is 29.3 Å². The summed E-state index contributed by atoms with van der Waals surface area (Å²) in [6.07, 6.45) is 1.45. The molecule has 0 N–H and O–H groups in total. The quantitative estimate of drug-likeness (QED) is 0.229. The van der Waals surface area contributed by atoms with E-state index in [2.05, 4.69) is 4.99 Å². The van der Waals surface area contributed by atoms with E-state index in [0.717, 1.165) is 18.2 Å². The minimum Gasteiger partial charge on any atom is -0.450 e. The van der Waals surface area contributed by atoms with Gasteiger partial charge in [-0.2, -0.15) is 0 Å². The summed E-state index contributed by atoms with van der Waals surface area (Å²) in [5.74, 6) is -1.15. The van der Waals surface area contributed by atoms with Crippen molar-refractivity contribution in [3.63, 3.8) is 0 Å². The van der Waals surface area contributed by atoms with Gasteiger partial charge in [0, 0.05) is 11.6 Å². The summed E-state index contributed by atoms with van der Waals surface area (Å²) >= 11 is 0. The number of nitrogens with zero attached hydrogens (tertiary/aromatic N) is 3. The van der Waals surface area contributed by atoms with Crippen LogP contribution in [0.3, 0.4) is 0 Å². The third-order valence-electron chi connectivity index (χ3n) is 4.45. The lowest BCUT2D eigenvalue weighted by Crippen LogP contribution is -2.05. The molecule has 0 aromatic heterocycles. The van der Waals surface area contributed by atoms with Gasteiger partial charge < -0.3 is 9.47 Å². The molecule has 0 aliphatic carbocycles. The second-order valence-electron chi connectivity index (χ2n) is 6.68. The van der Waals surface area contributed by atoms with E-state index < -0.39 is 33.0 Å². The van der Waals surface area contributed by atoms with Crippen molar-refractivity contribution in [2.24, 2.45) is 4.99 Å². The molecule has 0 saturated carbocycles. The molecule has 164 valence electrons. The SMILES string of the molecule is O=C1OC(c2cccc(F)c2)=N/C1=C\c1ccc(Oc2ccc([N+](=O)[O-])cc2[N+](=O)[O-])cc1. The van der Waals surface area contributed by atoms with Crippen molar-refractivity contribution in [2.75, 3.05) is 0 Å². The van der Waals surface area contributed by atoms with Gasteiger partial charge in [0.15, 0.2) is 5.70 Å². The topological polar surface area (TPSA) is 134 Å². The molecule has 11 heteroatoms. The Labute approximate surface area is 184 Å². The lowest BCUT2D eigenvalue weighted by molar-refractivity contribution is -0.394. The number of nitro benzene ring substituents is 2. The van der Waals surface area contributed by atoms with E-state index >= 15 is 0 Å². The fourth-order valence-electron chi connectivity index (χ4n) is 2.92. The molecule has 4 rings (SSSR count). The van der Waals surface area contributed by atoms with E-state index in [0.29, 0.717) is 11.1 Å². The number of non-ortho nitro benzene ring substituents is 1. The van der Waals surface area contributed by atoms with E-state index in [4.69, 9.17) is 9.47 Å². The fraction of sp³-hybridized carbons (Fsp3) is 0. The summed E-state index contributed by atoms with van der Waals surface area (Å²) in [6, 6.07) is 14.7. The average molecular weight is 449 g/mol. The number of rotatable bonds is 6. The molecule has 1 aliphatic rings.